The number of aliphatic carboxylic acids is 1. The van der Waals surface area contributed by atoms with Gasteiger partial charge in [0.25, 0.3) is 0 Å². The van der Waals surface area contributed by atoms with E-state index in [1.807, 2.05) is 26.0 Å². The van der Waals surface area contributed by atoms with Crippen LogP contribution in [0.25, 0.3) is 6.08 Å². The molecule has 0 saturated heterocycles. The Morgan fingerprint density at radius 3 is 2.44 bits per heavy atom. The highest BCUT2D eigenvalue weighted by atomic mass is 16.5. The fraction of sp³-hybridized carbons (Fsp3) is 0.200. The lowest BCUT2D eigenvalue weighted by Crippen LogP contribution is -2.10. The predicted octanol–water partition coefficient (Wildman–Crippen LogP) is 3.67. The van der Waals surface area contributed by atoms with Gasteiger partial charge in [-0.1, -0.05) is 24.3 Å². The molecule has 2 aromatic carbocycles. The molecule has 1 N–H and O–H groups in total. The molecule has 0 spiro atoms. The van der Waals surface area contributed by atoms with E-state index < -0.39 is 12.6 Å². The second kappa shape index (κ2) is 8.15. The standard InChI is InChI=1S/C20H20O5/c1-13-4-7-16(10-14(13)2)17(21)8-5-15-6-9-18(19(11-15)24-3)25-12-20(22)23/h4-11H,12H2,1-3H3,(H,22,23)/b8-5+. The number of hydrogen-bond acceptors (Lipinski definition) is 4. The van der Waals surface area contributed by atoms with Crippen molar-refractivity contribution in [2.24, 2.45) is 0 Å². The molecule has 0 heterocycles. The maximum atomic E-state index is 12.3. The lowest BCUT2D eigenvalue weighted by atomic mass is 10.0. The number of methoxy groups -OCH3 is 1. The number of carboxylic acids is 1. The second-order valence-corrected chi connectivity index (χ2v) is 5.59. The quantitative estimate of drug-likeness (QED) is 0.615. The SMILES string of the molecule is COc1cc(/C=C/C(=O)c2ccc(C)c(C)c2)ccc1OCC(=O)O. The van der Waals surface area contributed by atoms with Crippen molar-refractivity contribution >= 4 is 17.8 Å². The summed E-state index contributed by atoms with van der Waals surface area (Å²) in [5, 5.41) is 8.67. The molecule has 2 aromatic rings. The topological polar surface area (TPSA) is 72.8 Å². The Hall–Kier alpha value is -3.08. The van der Waals surface area contributed by atoms with Crippen LogP contribution < -0.4 is 9.47 Å². The monoisotopic (exact) mass is 340 g/mol. The Labute approximate surface area is 146 Å². The molecule has 2 rings (SSSR count). The second-order valence-electron chi connectivity index (χ2n) is 5.59. The van der Waals surface area contributed by atoms with Gasteiger partial charge in [0, 0.05) is 5.56 Å². The molecule has 5 nitrogen and oxygen atoms in total. The Morgan fingerprint density at radius 2 is 1.80 bits per heavy atom. The van der Waals surface area contributed by atoms with Crippen molar-refractivity contribution in [3.63, 3.8) is 0 Å². The van der Waals surface area contributed by atoms with E-state index in [0.29, 0.717) is 17.1 Å². The summed E-state index contributed by atoms with van der Waals surface area (Å²) in [7, 11) is 1.47. The zero-order chi connectivity index (χ0) is 18.4. The van der Waals surface area contributed by atoms with Crippen molar-refractivity contribution in [3.05, 3.63) is 64.7 Å². The van der Waals surface area contributed by atoms with Gasteiger partial charge in [-0.2, -0.15) is 0 Å². The molecule has 0 aromatic heterocycles. The van der Waals surface area contributed by atoms with Crippen LogP contribution in [0.1, 0.15) is 27.0 Å². The summed E-state index contributed by atoms with van der Waals surface area (Å²) in [5.74, 6) is -0.414. The molecule has 0 atom stereocenters. The van der Waals surface area contributed by atoms with Crippen LogP contribution in [0, 0.1) is 13.8 Å². The van der Waals surface area contributed by atoms with Crippen molar-refractivity contribution in [1.82, 2.24) is 0 Å². The summed E-state index contributed by atoms with van der Waals surface area (Å²) in [6.45, 7) is 3.52. The summed E-state index contributed by atoms with van der Waals surface area (Å²) in [6.07, 6.45) is 3.18. The first kappa shape index (κ1) is 18.3. The van der Waals surface area contributed by atoms with Gasteiger partial charge in [0.15, 0.2) is 23.9 Å². The van der Waals surface area contributed by atoms with Crippen LogP contribution in [0.5, 0.6) is 11.5 Å². The van der Waals surface area contributed by atoms with E-state index in [1.54, 1.807) is 30.3 Å². The minimum atomic E-state index is -1.06. The van der Waals surface area contributed by atoms with E-state index in [0.717, 1.165) is 16.7 Å². The largest absolute Gasteiger partial charge is 0.493 e. The number of rotatable bonds is 7. The Balaban J connectivity index is 2.15. The molecule has 130 valence electrons. The molecule has 0 bridgehead atoms. The first-order chi connectivity index (χ1) is 11.9. The summed E-state index contributed by atoms with van der Waals surface area (Å²) in [5.41, 5.74) is 3.59. The molecule has 0 aliphatic rings. The minimum absolute atomic E-state index is 0.0896. The normalized spacial score (nSPS) is 10.7. The molecule has 0 radical (unpaired) electrons. The van der Waals surface area contributed by atoms with Gasteiger partial charge in [0.05, 0.1) is 7.11 Å². The maximum absolute atomic E-state index is 12.3. The summed E-state index contributed by atoms with van der Waals surface area (Å²) in [4.78, 5) is 22.9. The van der Waals surface area contributed by atoms with Gasteiger partial charge < -0.3 is 14.6 Å². The van der Waals surface area contributed by atoms with Gasteiger partial charge in [0.2, 0.25) is 0 Å². The number of ether oxygens (including phenoxy) is 2. The third-order valence-electron chi connectivity index (χ3n) is 3.76. The molecule has 0 unspecified atom stereocenters. The van der Waals surface area contributed by atoms with E-state index in [1.165, 1.54) is 13.2 Å². The third-order valence-corrected chi connectivity index (χ3v) is 3.76. The summed E-state index contributed by atoms with van der Waals surface area (Å²) < 4.78 is 10.4. The number of carboxylic acid groups (broad SMARTS) is 1. The lowest BCUT2D eigenvalue weighted by molar-refractivity contribution is -0.139. The molecule has 0 aliphatic heterocycles. The molecule has 25 heavy (non-hydrogen) atoms. The Bertz CT molecular complexity index is 821. The van der Waals surface area contributed by atoms with Gasteiger partial charge in [-0.25, -0.2) is 4.79 Å². The zero-order valence-corrected chi connectivity index (χ0v) is 14.4. The number of ketones is 1. The number of aryl methyl sites for hydroxylation is 2. The molecule has 0 aliphatic carbocycles. The highest BCUT2D eigenvalue weighted by Gasteiger charge is 2.08. The summed E-state index contributed by atoms with van der Waals surface area (Å²) >= 11 is 0. The van der Waals surface area contributed by atoms with Crippen molar-refractivity contribution < 1.29 is 24.2 Å². The van der Waals surface area contributed by atoms with Gasteiger partial charge in [-0.3, -0.25) is 4.79 Å². The van der Waals surface area contributed by atoms with Gasteiger partial charge >= 0.3 is 5.97 Å². The zero-order valence-electron chi connectivity index (χ0n) is 14.4. The van der Waals surface area contributed by atoms with Crippen molar-refractivity contribution in [3.8, 4) is 11.5 Å². The maximum Gasteiger partial charge on any atom is 0.341 e. The highest BCUT2D eigenvalue weighted by Crippen LogP contribution is 2.28. The molecule has 0 saturated carbocycles. The number of hydrogen-bond donors (Lipinski definition) is 1. The van der Waals surface area contributed by atoms with Crippen LogP contribution in [0.15, 0.2) is 42.5 Å². The van der Waals surface area contributed by atoms with Crippen LogP contribution in [0.3, 0.4) is 0 Å². The van der Waals surface area contributed by atoms with Gasteiger partial charge in [-0.15, -0.1) is 0 Å². The van der Waals surface area contributed by atoms with Gasteiger partial charge in [-0.05, 0) is 54.8 Å². The fourth-order valence-electron chi connectivity index (χ4n) is 2.21. The Morgan fingerprint density at radius 1 is 1.04 bits per heavy atom. The summed E-state index contributed by atoms with van der Waals surface area (Å²) in [6, 6.07) is 10.6. The van der Waals surface area contributed by atoms with Crippen LogP contribution in [-0.2, 0) is 4.79 Å². The van der Waals surface area contributed by atoms with E-state index in [2.05, 4.69) is 0 Å². The predicted molar refractivity (Wildman–Crippen MR) is 95.4 cm³/mol. The molecular formula is C20H20O5. The van der Waals surface area contributed by atoms with Gasteiger partial charge in [0.1, 0.15) is 0 Å². The van der Waals surface area contributed by atoms with Crippen LogP contribution >= 0.6 is 0 Å². The molecule has 0 amide bonds. The molecule has 0 fully saturated rings. The molecule has 5 heteroatoms. The number of benzene rings is 2. The first-order valence-corrected chi connectivity index (χ1v) is 7.73. The number of allylic oxidation sites excluding steroid dienone is 1. The smallest absolute Gasteiger partial charge is 0.341 e. The van der Waals surface area contributed by atoms with Crippen LogP contribution in [0.2, 0.25) is 0 Å². The lowest BCUT2D eigenvalue weighted by Gasteiger charge is -2.09. The molecular weight excluding hydrogens is 320 g/mol. The third kappa shape index (κ3) is 4.94. The average molecular weight is 340 g/mol. The number of carbonyl (C=O) groups excluding carboxylic acids is 1. The van der Waals surface area contributed by atoms with E-state index in [4.69, 9.17) is 14.6 Å². The van der Waals surface area contributed by atoms with E-state index in [-0.39, 0.29) is 5.78 Å². The fourth-order valence-corrected chi connectivity index (χ4v) is 2.21. The van der Waals surface area contributed by atoms with Crippen LogP contribution in [-0.4, -0.2) is 30.6 Å². The van der Waals surface area contributed by atoms with Crippen molar-refractivity contribution in [2.75, 3.05) is 13.7 Å². The Kier molecular flexibility index (Phi) is 5.95. The van der Waals surface area contributed by atoms with E-state index >= 15 is 0 Å². The van der Waals surface area contributed by atoms with Crippen molar-refractivity contribution in [1.29, 1.82) is 0 Å². The van der Waals surface area contributed by atoms with E-state index in [9.17, 15) is 9.59 Å². The first-order valence-electron chi connectivity index (χ1n) is 7.73. The minimum Gasteiger partial charge on any atom is -0.493 e. The highest BCUT2D eigenvalue weighted by molar-refractivity contribution is 6.07. The van der Waals surface area contributed by atoms with Crippen LogP contribution in [0.4, 0.5) is 0 Å². The average Bonchev–Trinajstić information content (AvgIpc) is 2.60. The van der Waals surface area contributed by atoms with Crippen molar-refractivity contribution in [2.45, 2.75) is 13.8 Å². The number of carbonyl (C=O) groups is 2.